The summed E-state index contributed by atoms with van der Waals surface area (Å²) in [6, 6.07) is 41.6. The highest BCUT2D eigenvalue weighted by Crippen LogP contribution is 2.39. The van der Waals surface area contributed by atoms with E-state index in [2.05, 4.69) is 94.3 Å². The Morgan fingerprint density at radius 3 is 1.85 bits per heavy atom. The summed E-state index contributed by atoms with van der Waals surface area (Å²) in [4.78, 5) is 14.0. The van der Waals surface area contributed by atoms with Crippen molar-refractivity contribution in [2.75, 3.05) is 0 Å². The van der Waals surface area contributed by atoms with Crippen LogP contribution in [0.5, 0.6) is 0 Å². The van der Waals surface area contributed by atoms with Gasteiger partial charge in [0, 0.05) is 31.3 Å². The molecule has 0 aliphatic carbocycles. The number of hydrogen-bond acceptors (Lipinski definition) is 3. The minimum atomic E-state index is 0.638. The maximum absolute atomic E-state index is 7.48. The van der Waals surface area contributed by atoms with E-state index in [9.17, 15) is 0 Å². The molecule has 0 saturated carbocycles. The molecule has 40 heavy (non-hydrogen) atoms. The summed E-state index contributed by atoms with van der Waals surface area (Å²) in [7, 11) is 0. The van der Waals surface area contributed by atoms with Gasteiger partial charge in [0.15, 0.2) is 5.69 Å². The van der Waals surface area contributed by atoms with Crippen LogP contribution in [0.4, 0.5) is 5.69 Å². The maximum Gasteiger partial charge on any atom is 0.235 e. The Bertz CT molecular complexity index is 2230. The van der Waals surface area contributed by atoms with Gasteiger partial charge in [0.05, 0.1) is 29.0 Å². The van der Waals surface area contributed by atoms with Gasteiger partial charge in [-0.05, 0) is 47.2 Å². The van der Waals surface area contributed by atoms with E-state index in [1.54, 1.807) is 11.3 Å². The second kappa shape index (κ2) is 8.88. The molecule has 8 rings (SSSR count). The minimum Gasteiger partial charge on any atom is -0.278 e. The number of fused-ring (bicyclic) bond motifs is 6. The molecule has 3 aromatic heterocycles. The van der Waals surface area contributed by atoms with Crippen LogP contribution < -0.4 is 0 Å². The zero-order valence-electron chi connectivity index (χ0n) is 21.2. The summed E-state index contributed by atoms with van der Waals surface area (Å²) in [6.45, 7) is 7.48. The number of rotatable bonds is 3. The van der Waals surface area contributed by atoms with Crippen molar-refractivity contribution in [3.05, 3.63) is 133 Å². The van der Waals surface area contributed by atoms with Crippen LogP contribution in [0.15, 0.2) is 121 Å². The van der Waals surface area contributed by atoms with E-state index in [-0.39, 0.29) is 0 Å². The largest absolute Gasteiger partial charge is 0.278 e. The van der Waals surface area contributed by atoms with E-state index < -0.39 is 0 Å². The standard InChI is InChI=1S/C35H20N4S/c1-36-24-16-18-34-28(20-24)27-19-23(15-17-33(27)40-34)30-21-29(22-9-3-2-4-10-22)37-35(38-30)39-31-13-7-5-11-25(31)26-12-6-8-14-32(26)39/h2-21H. The fraction of sp³-hybridized carbons (Fsp3) is 0. The predicted octanol–water partition coefficient (Wildman–Crippen LogP) is 9.83. The predicted molar refractivity (Wildman–Crippen MR) is 166 cm³/mol. The zero-order valence-corrected chi connectivity index (χ0v) is 22.1. The topological polar surface area (TPSA) is 35.1 Å². The van der Waals surface area contributed by atoms with Crippen molar-refractivity contribution in [3.8, 4) is 28.5 Å². The molecule has 0 radical (unpaired) electrons. The van der Waals surface area contributed by atoms with E-state index in [1.165, 1.54) is 20.2 Å². The van der Waals surface area contributed by atoms with Crippen LogP contribution in [-0.4, -0.2) is 14.5 Å². The highest BCUT2D eigenvalue weighted by molar-refractivity contribution is 7.25. The van der Waals surface area contributed by atoms with Gasteiger partial charge in [-0.3, -0.25) is 4.57 Å². The van der Waals surface area contributed by atoms with Crippen LogP contribution in [0, 0.1) is 6.57 Å². The first-order valence-electron chi connectivity index (χ1n) is 13.0. The van der Waals surface area contributed by atoms with Crippen molar-refractivity contribution < 1.29 is 0 Å². The van der Waals surface area contributed by atoms with Crippen LogP contribution >= 0.6 is 11.3 Å². The SMILES string of the molecule is [C-]#[N+]c1ccc2sc3ccc(-c4cc(-c5ccccc5)nc(-n5c6ccccc6c6ccccc65)n4)cc3c2c1. The number of benzene rings is 5. The average molecular weight is 529 g/mol. The first-order chi connectivity index (χ1) is 19.8. The molecular formula is C35H20N4S. The fourth-order valence-corrected chi connectivity index (χ4v) is 6.64. The second-order valence-electron chi connectivity index (χ2n) is 9.78. The summed E-state index contributed by atoms with van der Waals surface area (Å²) in [6.07, 6.45) is 0. The van der Waals surface area contributed by atoms with Crippen LogP contribution in [0.25, 0.3) is 75.3 Å². The molecule has 0 N–H and O–H groups in total. The number of hydrogen-bond donors (Lipinski definition) is 0. The van der Waals surface area contributed by atoms with Crippen molar-refractivity contribution in [1.82, 2.24) is 14.5 Å². The molecule has 0 spiro atoms. The van der Waals surface area contributed by atoms with E-state index in [4.69, 9.17) is 16.5 Å². The van der Waals surface area contributed by atoms with E-state index in [0.29, 0.717) is 11.6 Å². The van der Waals surface area contributed by atoms with Crippen molar-refractivity contribution >= 4 is 59.0 Å². The Morgan fingerprint density at radius 1 is 0.550 bits per heavy atom. The highest BCUT2D eigenvalue weighted by Gasteiger charge is 2.17. The van der Waals surface area contributed by atoms with E-state index >= 15 is 0 Å². The lowest BCUT2D eigenvalue weighted by molar-refractivity contribution is 0.996. The average Bonchev–Trinajstić information content (AvgIpc) is 3.56. The Balaban J connectivity index is 1.42. The summed E-state index contributed by atoms with van der Waals surface area (Å²) in [5, 5.41) is 4.60. The molecule has 3 heterocycles. The normalized spacial score (nSPS) is 11.5. The molecule has 0 aliphatic heterocycles. The molecule has 5 aromatic carbocycles. The summed E-state index contributed by atoms with van der Waals surface area (Å²) >= 11 is 1.75. The zero-order chi connectivity index (χ0) is 26.6. The molecule has 0 amide bonds. The number of para-hydroxylation sites is 2. The molecule has 4 nitrogen and oxygen atoms in total. The first kappa shape index (κ1) is 22.7. The Morgan fingerprint density at radius 2 is 1.15 bits per heavy atom. The molecule has 5 heteroatoms. The third-order valence-corrected chi connectivity index (χ3v) is 8.59. The van der Waals surface area contributed by atoms with Crippen molar-refractivity contribution in [3.63, 3.8) is 0 Å². The summed E-state index contributed by atoms with van der Waals surface area (Å²) in [5.74, 6) is 0.638. The lowest BCUT2D eigenvalue weighted by Crippen LogP contribution is -2.03. The second-order valence-corrected chi connectivity index (χ2v) is 10.9. The van der Waals surface area contributed by atoms with Crippen molar-refractivity contribution in [2.24, 2.45) is 0 Å². The van der Waals surface area contributed by atoms with Gasteiger partial charge in [-0.2, -0.15) is 0 Å². The smallest absolute Gasteiger partial charge is 0.235 e. The number of nitrogens with zero attached hydrogens (tertiary/aromatic N) is 4. The third-order valence-electron chi connectivity index (χ3n) is 7.44. The van der Waals surface area contributed by atoms with Gasteiger partial charge in [-0.15, -0.1) is 11.3 Å². The molecule has 0 aliphatic rings. The third kappa shape index (κ3) is 3.51. The lowest BCUT2D eigenvalue weighted by atomic mass is 10.0. The van der Waals surface area contributed by atoms with Gasteiger partial charge in [-0.25, -0.2) is 14.8 Å². The summed E-state index contributed by atoms with van der Waals surface area (Å²) in [5.41, 5.74) is 6.58. The minimum absolute atomic E-state index is 0.638. The van der Waals surface area contributed by atoms with Gasteiger partial charge in [0.1, 0.15) is 0 Å². The van der Waals surface area contributed by atoms with Crippen LogP contribution in [0.1, 0.15) is 0 Å². The quantitative estimate of drug-likeness (QED) is 0.214. The van der Waals surface area contributed by atoms with E-state index in [1.807, 2.05) is 36.4 Å². The summed E-state index contributed by atoms with van der Waals surface area (Å²) < 4.78 is 4.54. The maximum atomic E-state index is 7.48. The van der Waals surface area contributed by atoms with Crippen molar-refractivity contribution in [2.45, 2.75) is 0 Å². The van der Waals surface area contributed by atoms with Crippen molar-refractivity contribution in [1.29, 1.82) is 0 Å². The molecule has 0 saturated heterocycles. The van der Waals surface area contributed by atoms with Crippen LogP contribution in [-0.2, 0) is 0 Å². The molecule has 0 fully saturated rings. The fourth-order valence-electron chi connectivity index (χ4n) is 5.57. The van der Waals surface area contributed by atoms with Gasteiger partial charge in [0.25, 0.3) is 0 Å². The Kier molecular flexibility index (Phi) is 5.03. The number of thiophene rings is 1. The molecule has 0 bridgehead atoms. The van der Waals surface area contributed by atoms with Gasteiger partial charge >= 0.3 is 0 Å². The van der Waals surface area contributed by atoms with Gasteiger partial charge in [0.2, 0.25) is 5.95 Å². The van der Waals surface area contributed by atoms with Gasteiger partial charge in [-0.1, -0.05) is 84.9 Å². The monoisotopic (exact) mass is 528 g/mol. The molecule has 0 atom stereocenters. The molecule has 186 valence electrons. The Labute approximate surface area is 234 Å². The highest BCUT2D eigenvalue weighted by atomic mass is 32.1. The van der Waals surface area contributed by atoms with Crippen LogP contribution in [0.3, 0.4) is 0 Å². The molecule has 8 aromatic rings. The Hall–Kier alpha value is -5.31. The first-order valence-corrected chi connectivity index (χ1v) is 13.9. The van der Waals surface area contributed by atoms with Gasteiger partial charge < -0.3 is 0 Å². The van der Waals surface area contributed by atoms with E-state index in [0.717, 1.165) is 44.3 Å². The molecular weight excluding hydrogens is 508 g/mol. The molecule has 0 unspecified atom stereocenters. The lowest BCUT2D eigenvalue weighted by Gasteiger charge is -2.12. The number of aromatic nitrogens is 3. The van der Waals surface area contributed by atoms with Crippen LogP contribution in [0.2, 0.25) is 0 Å².